The van der Waals surface area contributed by atoms with Crippen LogP contribution in [0.4, 0.5) is 4.39 Å². The molecule has 0 aliphatic carbocycles. The Bertz CT molecular complexity index is 564. The van der Waals surface area contributed by atoms with Gasteiger partial charge >= 0.3 is 0 Å². The Morgan fingerprint density at radius 2 is 2.35 bits per heavy atom. The molecule has 1 atom stereocenters. The molecule has 0 spiro atoms. The van der Waals surface area contributed by atoms with Gasteiger partial charge in [-0.1, -0.05) is 0 Å². The van der Waals surface area contributed by atoms with E-state index in [9.17, 15) is 9.18 Å². The van der Waals surface area contributed by atoms with Crippen molar-refractivity contribution >= 4 is 5.91 Å². The van der Waals surface area contributed by atoms with Crippen molar-refractivity contribution < 1.29 is 19.1 Å². The molecule has 3 rings (SSSR count). The number of nitrogens with one attached hydrogen (secondary N) is 1. The monoisotopic (exact) mass is 280 g/mol. The highest BCUT2D eigenvalue weighted by molar-refractivity contribution is 5.93. The summed E-state index contributed by atoms with van der Waals surface area (Å²) in [5.74, 6) is -1.09. The highest BCUT2D eigenvalue weighted by Gasteiger charge is 2.40. The van der Waals surface area contributed by atoms with E-state index in [1.165, 1.54) is 6.07 Å². The molecule has 1 aromatic rings. The van der Waals surface area contributed by atoms with Crippen molar-refractivity contribution in [3.8, 4) is 0 Å². The quantitative estimate of drug-likeness (QED) is 0.597. The van der Waals surface area contributed by atoms with Crippen molar-refractivity contribution in [1.82, 2.24) is 10.4 Å². The van der Waals surface area contributed by atoms with Crippen LogP contribution in [0, 0.1) is 5.82 Å². The van der Waals surface area contributed by atoms with Crippen molar-refractivity contribution in [2.45, 2.75) is 25.4 Å². The summed E-state index contributed by atoms with van der Waals surface area (Å²) in [7, 11) is 0. The fraction of sp³-hybridized carbons (Fsp3) is 0.500. The van der Waals surface area contributed by atoms with Crippen LogP contribution in [0.5, 0.6) is 0 Å². The van der Waals surface area contributed by atoms with E-state index in [2.05, 4.69) is 11.8 Å². The van der Waals surface area contributed by atoms with Gasteiger partial charge in [-0.25, -0.2) is 9.87 Å². The second kappa shape index (κ2) is 4.80. The Balaban J connectivity index is 2.01. The van der Waals surface area contributed by atoms with E-state index in [-0.39, 0.29) is 11.1 Å². The largest absolute Gasteiger partial charge is 0.378 e. The number of fused-ring (bicyclic) bond motifs is 2. The maximum absolute atomic E-state index is 14.2. The molecule has 0 bridgehead atoms. The molecule has 0 unspecified atom stereocenters. The number of nitrogens with zero attached hydrogens (tertiary/aromatic N) is 1. The van der Waals surface area contributed by atoms with E-state index >= 15 is 0 Å². The average Bonchev–Trinajstić information content (AvgIpc) is 2.43. The molecule has 1 aromatic carbocycles. The standard InChI is InChI=1S/C14H17FN2O3/c1-14-6-10-4-9(13(18)16-19)5-12(15)11(10)7-17(14)2-3-20-8-14/h4-5,19H,2-3,6-8H2,1H3,(H,16,18)/t14-/m0/s1. The summed E-state index contributed by atoms with van der Waals surface area (Å²) in [6, 6.07) is 2.83. The van der Waals surface area contributed by atoms with Gasteiger partial charge in [-0.3, -0.25) is 14.9 Å². The Morgan fingerprint density at radius 3 is 3.10 bits per heavy atom. The number of rotatable bonds is 1. The number of amides is 1. The minimum absolute atomic E-state index is 0.137. The summed E-state index contributed by atoms with van der Waals surface area (Å²) in [5.41, 5.74) is 2.97. The Hall–Kier alpha value is -1.50. The fourth-order valence-corrected chi connectivity index (χ4v) is 3.09. The first-order valence-corrected chi connectivity index (χ1v) is 6.62. The van der Waals surface area contributed by atoms with Gasteiger partial charge < -0.3 is 4.74 Å². The summed E-state index contributed by atoms with van der Waals surface area (Å²) in [6.45, 7) is 4.67. The van der Waals surface area contributed by atoms with Crippen LogP contribution in [0.3, 0.4) is 0 Å². The van der Waals surface area contributed by atoms with E-state index in [1.807, 2.05) is 0 Å². The third-order valence-electron chi connectivity index (χ3n) is 4.25. The van der Waals surface area contributed by atoms with Gasteiger partial charge in [-0.05, 0) is 31.0 Å². The van der Waals surface area contributed by atoms with Crippen LogP contribution in [0.25, 0.3) is 0 Å². The van der Waals surface area contributed by atoms with Gasteiger partial charge in [0.15, 0.2) is 0 Å². The molecule has 2 aliphatic rings. The number of carbonyl (C=O) groups excluding carboxylic acids is 1. The number of morpholine rings is 1. The fourth-order valence-electron chi connectivity index (χ4n) is 3.09. The lowest BCUT2D eigenvalue weighted by atomic mass is 9.83. The van der Waals surface area contributed by atoms with E-state index in [0.29, 0.717) is 31.7 Å². The predicted octanol–water partition coefficient (Wildman–Crippen LogP) is 1.09. The number of hydrogen-bond donors (Lipinski definition) is 2. The van der Waals surface area contributed by atoms with Crippen LogP contribution in [0.1, 0.15) is 28.4 Å². The van der Waals surface area contributed by atoms with Crippen LogP contribution in [0.2, 0.25) is 0 Å². The first kappa shape index (κ1) is 13.5. The number of hydrogen-bond acceptors (Lipinski definition) is 4. The highest BCUT2D eigenvalue weighted by atomic mass is 19.1. The first-order valence-electron chi connectivity index (χ1n) is 6.62. The summed E-state index contributed by atoms with van der Waals surface area (Å²) in [4.78, 5) is 13.7. The summed E-state index contributed by atoms with van der Waals surface area (Å²) in [5, 5.41) is 8.67. The predicted molar refractivity (Wildman–Crippen MR) is 69.0 cm³/mol. The maximum atomic E-state index is 14.2. The molecule has 0 aromatic heterocycles. The SMILES string of the molecule is C[C@]12COCCN1Cc1c(F)cc(C(=O)NO)cc1C2. The van der Waals surface area contributed by atoms with Crippen molar-refractivity contribution in [3.05, 3.63) is 34.6 Å². The second-order valence-electron chi connectivity index (χ2n) is 5.68. The number of ether oxygens (including phenoxy) is 1. The zero-order valence-electron chi connectivity index (χ0n) is 11.3. The van der Waals surface area contributed by atoms with Crippen molar-refractivity contribution in [3.63, 3.8) is 0 Å². The molecule has 1 saturated heterocycles. The molecule has 20 heavy (non-hydrogen) atoms. The van der Waals surface area contributed by atoms with Crippen LogP contribution in [-0.4, -0.2) is 41.3 Å². The average molecular weight is 280 g/mol. The molecule has 5 nitrogen and oxygen atoms in total. The van der Waals surface area contributed by atoms with E-state index in [0.717, 1.165) is 12.1 Å². The Labute approximate surface area is 116 Å². The topological polar surface area (TPSA) is 61.8 Å². The van der Waals surface area contributed by atoms with E-state index in [1.54, 1.807) is 11.5 Å². The van der Waals surface area contributed by atoms with E-state index in [4.69, 9.17) is 9.94 Å². The molecular formula is C14H17FN2O3. The highest BCUT2D eigenvalue weighted by Crippen LogP contribution is 2.34. The minimum Gasteiger partial charge on any atom is -0.378 e. The molecule has 1 fully saturated rings. The van der Waals surface area contributed by atoms with Gasteiger partial charge in [0.2, 0.25) is 0 Å². The molecule has 108 valence electrons. The molecular weight excluding hydrogens is 263 g/mol. The smallest absolute Gasteiger partial charge is 0.274 e. The molecule has 0 saturated carbocycles. The van der Waals surface area contributed by atoms with Gasteiger partial charge in [0, 0.05) is 29.8 Å². The number of benzene rings is 1. The maximum Gasteiger partial charge on any atom is 0.274 e. The van der Waals surface area contributed by atoms with Gasteiger partial charge in [0.05, 0.1) is 13.2 Å². The lowest BCUT2D eigenvalue weighted by Gasteiger charge is -2.48. The van der Waals surface area contributed by atoms with Gasteiger partial charge in [0.1, 0.15) is 5.82 Å². The van der Waals surface area contributed by atoms with Crippen LogP contribution < -0.4 is 5.48 Å². The Morgan fingerprint density at radius 1 is 1.55 bits per heavy atom. The number of carbonyl (C=O) groups is 1. The molecule has 1 amide bonds. The zero-order valence-corrected chi connectivity index (χ0v) is 11.3. The number of hydroxylamine groups is 1. The third-order valence-corrected chi connectivity index (χ3v) is 4.25. The summed E-state index contributed by atoms with van der Waals surface area (Å²) >= 11 is 0. The molecule has 6 heteroatoms. The number of halogens is 1. The summed E-state index contributed by atoms with van der Waals surface area (Å²) < 4.78 is 19.7. The zero-order chi connectivity index (χ0) is 14.3. The van der Waals surface area contributed by atoms with Crippen LogP contribution in [0.15, 0.2) is 12.1 Å². The molecule has 0 radical (unpaired) electrons. The molecule has 2 aliphatic heterocycles. The van der Waals surface area contributed by atoms with Crippen molar-refractivity contribution in [1.29, 1.82) is 0 Å². The van der Waals surface area contributed by atoms with Crippen LogP contribution >= 0.6 is 0 Å². The molecule has 2 N–H and O–H groups in total. The Kier molecular flexibility index (Phi) is 3.24. The summed E-state index contributed by atoms with van der Waals surface area (Å²) in [6.07, 6.45) is 0.631. The third kappa shape index (κ3) is 2.09. The van der Waals surface area contributed by atoms with E-state index < -0.39 is 11.7 Å². The van der Waals surface area contributed by atoms with Gasteiger partial charge in [-0.15, -0.1) is 0 Å². The van der Waals surface area contributed by atoms with Gasteiger partial charge in [-0.2, -0.15) is 0 Å². The van der Waals surface area contributed by atoms with Crippen molar-refractivity contribution in [2.75, 3.05) is 19.8 Å². The normalized spacial score (nSPS) is 25.8. The lowest BCUT2D eigenvalue weighted by Crippen LogP contribution is -2.58. The minimum atomic E-state index is -0.695. The van der Waals surface area contributed by atoms with Gasteiger partial charge in [0.25, 0.3) is 5.91 Å². The van der Waals surface area contributed by atoms with Crippen molar-refractivity contribution in [2.24, 2.45) is 0 Å². The molecule has 2 heterocycles. The first-order chi connectivity index (χ1) is 9.53. The van der Waals surface area contributed by atoms with Crippen LogP contribution in [-0.2, 0) is 17.7 Å². The lowest BCUT2D eigenvalue weighted by molar-refractivity contribution is -0.0704. The second-order valence-corrected chi connectivity index (χ2v) is 5.68.